The summed E-state index contributed by atoms with van der Waals surface area (Å²) in [6.07, 6.45) is 0. The second kappa shape index (κ2) is 6.53. The monoisotopic (exact) mass is 284 g/mol. The van der Waals surface area contributed by atoms with Gasteiger partial charge < -0.3 is 10.1 Å². The zero-order valence-corrected chi connectivity index (χ0v) is 11.3. The molecule has 21 heavy (non-hydrogen) atoms. The van der Waals surface area contributed by atoms with E-state index in [1.165, 1.54) is 19.2 Å². The number of rotatable bonds is 4. The molecular weight excluding hydrogens is 271 g/mol. The number of carbonyl (C=O) groups excluding carboxylic acids is 1. The number of hydrogen-bond donors (Lipinski definition) is 1. The number of esters is 1. The fraction of sp³-hybridized carbons (Fsp3) is 0.125. The quantitative estimate of drug-likeness (QED) is 0.877. The lowest BCUT2D eigenvalue weighted by Crippen LogP contribution is -2.22. The highest BCUT2D eigenvalue weighted by molar-refractivity contribution is 5.81. The van der Waals surface area contributed by atoms with Crippen molar-refractivity contribution in [2.24, 2.45) is 0 Å². The maximum atomic E-state index is 13.1. The van der Waals surface area contributed by atoms with Crippen LogP contribution in [0.1, 0.15) is 17.2 Å². The number of methoxy groups -OCH3 is 1. The molecular formula is C16H13FN2O2. The van der Waals surface area contributed by atoms with E-state index < -0.39 is 17.8 Å². The van der Waals surface area contributed by atoms with E-state index >= 15 is 0 Å². The Labute approximate surface area is 121 Å². The predicted octanol–water partition coefficient (Wildman–Crippen LogP) is 3.02. The van der Waals surface area contributed by atoms with Crippen LogP contribution in [0, 0.1) is 17.1 Å². The lowest BCUT2D eigenvalue weighted by Gasteiger charge is -2.18. The molecule has 1 unspecified atom stereocenters. The van der Waals surface area contributed by atoms with Gasteiger partial charge in [0.25, 0.3) is 0 Å². The molecule has 0 bridgehead atoms. The highest BCUT2D eigenvalue weighted by Crippen LogP contribution is 2.24. The van der Waals surface area contributed by atoms with Crippen LogP contribution in [0.15, 0.2) is 48.5 Å². The third kappa shape index (κ3) is 3.37. The minimum absolute atomic E-state index is 0.125. The molecule has 0 amide bonds. The first kappa shape index (κ1) is 14.5. The molecule has 0 spiro atoms. The van der Waals surface area contributed by atoms with E-state index in [4.69, 9.17) is 10.00 Å². The van der Waals surface area contributed by atoms with Crippen molar-refractivity contribution >= 4 is 11.7 Å². The van der Waals surface area contributed by atoms with Gasteiger partial charge in [-0.05, 0) is 23.8 Å². The first-order valence-electron chi connectivity index (χ1n) is 6.24. The summed E-state index contributed by atoms with van der Waals surface area (Å²) in [6.45, 7) is 0. The van der Waals surface area contributed by atoms with Gasteiger partial charge in [0, 0.05) is 0 Å². The molecule has 2 aromatic carbocycles. The molecule has 0 aliphatic rings. The Morgan fingerprint density at radius 3 is 2.62 bits per heavy atom. The fourth-order valence-corrected chi connectivity index (χ4v) is 1.93. The Morgan fingerprint density at radius 2 is 2.00 bits per heavy atom. The van der Waals surface area contributed by atoms with Gasteiger partial charge in [-0.25, -0.2) is 9.18 Å². The molecule has 0 saturated heterocycles. The van der Waals surface area contributed by atoms with Crippen LogP contribution < -0.4 is 5.32 Å². The summed E-state index contributed by atoms with van der Waals surface area (Å²) < 4.78 is 17.9. The van der Waals surface area contributed by atoms with Gasteiger partial charge in [-0.15, -0.1) is 0 Å². The normalized spacial score (nSPS) is 11.3. The molecule has 0 aromatic heterocycles. The Balaban J connectivity index is 2.37. The molecule has 0 aliphatic heterocycles. The van der Waals surface area contributed by atoms with Crippen molar-refractivity contribution in [2.75, 3.05) is 12.4 Å². The van der Waals surface area contributed by atoms with E-state index in [-0.39, 0.29) is 5.56 Å². The van der Waals surface area contributed by atoms with Gasteiger partial charge in [0.1, 0.15) is 11.9 Å². The summed E-state index contributed by atoms with van der Waals surface area (Å²) in [5.74, 6) is -0.999. The average molecular weight is 284 g/mol. The summed E-state index contributed by atoms with van der Waals surface area (Å²) >= 11 is 0. The number of benzene rings is 2. The lowest BCUT2D eigenvalue weighted by molar-refractivity contribution is -0.141. The maximum Gasteiger partial charge on any atom is 0.332 e. The molecule has 1 N–H and O–H groups in total. The van der Waals surface area contributed by atoms with Crippen LogP contribution in [0.25, 0.3) is 0 Å². The van der Waals surface area contributed by atoms with Crippen molar-refractivity contribution < 1.29 is 13.9 Å². The Bertz CT molecular complexity index is 680. The minimum atomic E-state index is -0.770. The average Bonchev–Trinajstić information content (AvgIpc) is 2.53. The SMILES string of the molecule is COC(=O)C(Nc1ccc(F)cc1C#N)c1ccccc1. The molecule has 0 fully saturated rings. The number of halogens is 1. The molecule has 2 aromatic rings. The van der Waals surface area contributed by atoms with Crippen LogP contribution in [0.3, 0.4) is 0 Å². The summed E-state index contributed by atoms with van der Waals surface area (Å²) in [4.78, 5) is 11.9. The highest BCUT2D eigenvalue weighted by atomic mass is 19.1. The topological polar surface area (TPSA) is 62.1 Å². The Morgan fingerprint density at radius 1 is 1.29 bits per heavy atom. The fourth-order valence-electron chi connectivity index (χ4n) is 1.93. The van der Waals surface area contributed by atoms with Crippen molar-refractivity contribution in [2.45, 2.75) is 6.04 Å². The van der Waals surface area contributed by atoms with Gasteiger partial charge in [0.15, 0.2) is 6.04 Å². The van der Waals surface area contributed by atoms with E-state index in [0.717, 1.165) is 6.07 Å². The molecule has 1 atom stereocenters. The van der Waals surface area contributed by atoms with Gasteiger partial charge in [0.2, 0.25) is 0 Å². The zero-order valence-electron chi connectivity index (χ0n) is 11.3. The third-order valence-corrected chi connectivity index (χ3v) is 2.97. The first-order valence-corrected chi connectivity index (χ1v) is 6.24. The zero-order chi connectivity index (χ0) is 15.2. The first-order chi connectivity index (χ1) is 10.2. The van der Waals surface area contributed by atoms with Gasteiger partial charge in [-0.3, -0.25) is 0 Å². The standard InChI is InChI=1S/C16H13FN2O2/c1-21-16(20)15(11-5-3-2-4-6-11)19-14-8-7-13(17)9-12(14)10-18/h2-9,15,19H,1H3. The van der Waals surface area contributed by atoms with Gasteiger partial charge in [-0.2, -0.15) is 5.26 Å². The van der Waals surface area contributed by atoms with Crippen LogP contribution in [0.2, 0.25) is 0 Å². The summed E-state index contributed by atoms with van der Waals surface area (Å²) in [7, 11) is 1.29. The van der Waals surface area contributed by atoms with Crippen LogP contribution in [-0.2, 0) is 9.53 Å². The third-order valence-electron chi connectivity index (χ3n) is 2.97. The largest absolute Gasteiger partial charge is 0.467 e. The van der Waals surface area contributed by atoms with Gasteiger partial charge in [0.05, 0.1) is 18.4 Å². The summed E-state index contributed by atoms with van der Waals surface area (Å²) in [5.41, 5.74) is 1.19. The van der Waals surface area contributed by atoms with E-state index in [1.807, 2.05) is 12.1 Å². The van der Waals surface area contributed by atoms with Crippen LogP contribution >= 0.6 is 0 Å². The van der Waals surface area contributed by atoms with E-state index in [9.17, 15) is 9.18 Å². The van der Waals surface area contributed by atoms with Gasteiger partial charge >= 0.3 is 5.97 Å². The molecule has 5 heteroatoms. The summed E-state index contributed by atoms with van der Waals surface area (Å²) in [6, 6.07) is 13.8. The molecule has 2 rings (SSSR count). The number of carbonyl (C=O) groups is 1. The highest BCUT2D eigenvalue weighted by Gasteiger charge is 2.22. The molecule has 0 aliphatic carbocycles. The van der Waals surface area contributed by atoms with E-state index in [2.05, 4.69) is 5.32 Å². The number of nitrogens with zero attached hydrogens (tertiary/aromatic N) is 1. The smallest absolute Gasteiger partial charge is 0.332 e. The minimum Gasteiger partial charge on any atom is -0.467 e. The van der Waals surface area contributed by atoms with Gasteiger partial charge in [-0.1, -0.05) is 30.3 Å². The Hall–Kier alpha value is -2.87. The molecule has 4 nitrogen and oxygen atoms in total. The maximum absolute atomic E-state index is 13.1. The van der Waals surface area contributed by atoms with Crippen molar-refractivity contribution in [1.29, 1.82) is 5.26 Å². The second-order valence-corrected chi connectivity index (χ2v) is 4.31. The number of anilines is 1. The predicted molar refractivity (Wildman–Crippen MR) is 75.9 cm³/mol. The van der Waals surface area contributed by atoms with Crippen LogP contribution in [-0.4, -0.2) is 13.1 Å². The Kier molecular flexibility index (Phi) is 4.52. The van der Waals surface area contributed by atoms with Crippen LogP contribution in [0.4, 0.5) is 10.1 Å². The lowest BCUT2D eigenvalue weighted by atomic mass is 10.1. The van der Waals surface area contributed by atoms with Crippen molar-refractivity contribution in [1.82, 2.24) is 0 Å². The molecule has 0 radical (unpaired) electrons. The van der Waals surface area contributed by atoms with E-state index in [1.54, 1.807) is 24.3 Å². The molecule has 106 valence electrons. The summed E-state index contributed by atoms with van der Waals surface area (Å²) in [5, 5.41) is 12.0. The number of hydrogen-bond acceptors (Lipinski definition) is 4. The van der Waals surface area contributed by atoms with Crippen molar-refractivity contribution in [3.63, 3.8) is 0 Å². The number of ether oxygens (including phenoxy) is 1. The molecule has 0 heterocycles. The molecule has 0 saturated carbocycles. The van der Waals surface area contributed by atoms with Crippen molar-refractivity contribution in [3.05, 3.63) is 65.5 Å². The van der Waals surface area contributed by atoms with E-state index in [0.29, 0.717) is 11.3 Å². The number of nitriles is 1. The second-order valence-electron chi connectivity index (χ2n) is 4.31. The number of nitrogens with one attached hydrogen (secondary N) is 1. The van der Waals surface area contributed by atoms with Crippen LogP contribution in [0.5, 0.6) is 0 Å². The van der Waals surface area contributed by atoms with Crippen molar-refractivity contribution in [3.8, 4) is 6.07 Å².